The second-order valence-corrected chi connectivity index (χ2v) is 10.0. The number of hydrogen-bond acceptors (Lipinski definition) is 4. The molecule has 3 atom stereocenters. The molecule has 0 saturated carbocycles. The first-order chi connectivity index (χ1) is 18.5. The highest BCUT2D eigenvalue weighted by Gasteiger charge is 2.71. The summed E-state index contributed by atoms with van der Waals surface area (Å²) in [5.74, 6) is -2.59. The topological polar surface area (TPSA) is 54.5 Å². The number of para-hydroxylation sites is 1. The second-order valence-electron chi connectivity index (χ2n) is 10.0. The molecular formula is C33H22FNO3. The van der Waals surface area contributed by atoms with E-state index < -0.39 is 29.2 Å². The number of rotatable bonds is 3. The molecule has 0 aromatic heterocycles. The van der Waals surface area contributed by atoms with Gasteiger partial charge in [0.1, 0.15) is 17.3 Å². The number of nitrogens with zero attached hydrogens (tertiary/aromatic N) is 1. The lowest BCUT2D eigenvalue weighted by molar-refractivity contribution is 0.0664. The lowest BCUT2D eigenvalue weighted by Crippen LogP contribution is -2.48. The Balaban J connectivity index is 1.57. The standard InChI is InChI=1S/C33H22FNO3/c34-25-16-8-7-15-24(25)28-29(30(36)21-11-2-1-3-12-21)35-26-17-9-4-10-20(26)18-19-27(35)33(28)31(37)22-13-5-6-14-23(22)32(33)38/h1-19,27-29H/t27-,28+,29-/m1/s1. The van der Waals surface area contributed by atoms with E-state index in [1.165, 1.54) is 6.07 Å². The number of anilines is 1. The number of fused-ring (bicyclic) bond motifs is 5. The van der Waals surface area contributed by atoms with E-state index in [0.717, 1.165) is 11.3 Å². The second kappa shape index (κ2) is 8.18. The van der Waals surface area contributed by atoms with E-state index in [9.17, 15) is 14.4 Å². The number of ketones is 3. The maximum Gasteiger partial charge on any atom is 0.185 e. The van der Waals surface area contributed by atoms with Crippen LogP contribution in [0.15, 0.2) is 109 Å². The van der Waals surface area contributed by atoms with Crippen LogP contribution in [0.2, 0.25) is 0 Å². The van der Waals surface area contributed by atoms with Gasteiger partial charge in [0.25, 0.3) is 0 Å². The Hall–Kier alpha value is -4.64. The van der Waals surface area contributed by atoms with Crippen LogP contribution in [0, 0.1) is 11.2 Å². The minimum absolute atomic E-state index is 0.191. The van der Waals surface area contributed by atoms with E-state index >= 15 is 4.39 Å². The van der Waals surface area contributed by atoms with Crippen molar-refractivity contribution in [2.45, 2.75) is 18.0 Å². The Morgan fingerprint density at radius 2 is 1.34 bits per heavy atom. The van der Waals surface area contributed by atoms with E-state index in [1.807, 2.05) is 47.4 Å². The smallest absolute Gasteiger partial charge is 0.185 e. The van der Waals surface area contributed by atoms with Crippen molar-refractivity contribution in [3.8, 4) is 0 Å². The fraction of sp³-hybridized carbons (Fsp3) is 0.121. The fourth-order valence-electron chi connectivity index (χ4n) is 6.76. The van der Waals surface area contributed by atoms with Crippen molar-refractivity contribution in [3.63, 3.8) is 0 Å². The van der Waals surface area contributed by atoms with Crippen molar-refractivity contribution in [2.24, 2.45) is 5.41 Å². The summed E-state index contributed by atoms with van der Waals surface area (Å²) >= 11 is 0. The molecule has 0 radical (unpaired) electrons. The Bertz CT molecular complexity index is 1640. The molecule has 4 aromatic carbocycles. The molecule has 0 bridgehead atoms. The van der Waals surface area contributed by atoms with Gasteiger partial charge in [0, 0.05) is 28.3 Å². The monoisotopic (exact) mass is 499 g/mol. The lowest BCUT2D eigenvalue weighted by Gasteiger charge is -2.37. The molecule has 1 aliphatic carbocycles. The average molecular weight is 500 g/mol. The van der Waals surface area contributed by atoms with Crippen molar-refractivity contribution >= 4 is 29.1 Å². The predicted molar refractivity (Wildman–Crippen MR) is 143 cm³/mol. The van der Waals surface area contributed by atoms with E-state index in [-0.39, 0.29) is 22.9 Å². The zero-order chi connectivity index (χ0) is 26.0. The maximum atomic E-state index is 15.7. The van der Waals surface area contributed by atoms with E-state index in [0.29, 0.717) is 16.7 Å². The number of halogens is 1. The molecule has 0 amide bonds. The highest BCUT2D eigenvalue weighted by molar-refractivity contribution is 6.32. The first-order valence-electron chi connectivity index (χ1n) is 12.6. The molecule has 2 heterocycles. The molecule has 4 aromatic rings. The Morgan fingerprint density at radius 3 is 2.05 bits per heavy atom. The van der Waals surface area contributed by atoms with Gasteiger partial charge >= 0.3 is 0 Å². The third kappa shape index (κ3) is 2.81. The van der Waals surface area contributed by atoms with Crippen LogP contribution in [0.1, 0.15) is 48.1 Å². The van der Waals surface area contributed by atoms with Gasteiger partial charge in [0.15, 0.2) is 17.3 Å². The van der Waals surface area contributed by atoms with Gasteiger partial charge in [-0.2, -0.15) is 0 Å². The molecule has 3 aliphatic rings. The van der Waals surface area contributed by atoms with Gasteiger partial charge in [-0.05, 0) is 23.3 Å². The largest absolute Gasteiger partial charge is 0.352 e. The fourth-order valence-corrected chi connectivity index (χ4v) is 6.76. The van der Waals surface area contributed by atoms with E-state index in [1.54, 1.807) is 66.7 Å². The van der Waals surface area contributed by atoms with Gasteiger partial charge in [-0.3, -0.25) is 14.4 Å². The van der Waals surface area contributed by atoms with Crippen molar-refractivity contribution in [1.82, 2.24) is 0 Å². The highest BCUT2D eigenvalue weighted by Crippen LogP contribution is 2.61. The lowest BCUT2D eigenvalue weighted by atomic mass is 9.64. The average Bonchev–Trinajstić information content (AvgIpc) is 3.39. The summed E-state index contributed by atoms with van der Waals surface area (Å²) in [4.78, 5) is 45.3. The Kier molecular flexibility index (Phi) is 4.86. The van der Waals surface area contributed by atoms with Crippen LogP contribution in [-0.2, 0) is 0 Å². The van der Waals surface area contributed by atoms with Crippen LogP contribution in [-0.4, -0.2) is 29.4 Å². The summed E-state index contributed by atoms with van der Waals surface area (Å²) in [7, 11) is 0. The van der Waals surface area contributed by atoms with Crippen LogP contribution in [0.25, 0.3) is 6.08 Å². The molecule has 2 aliphatic heterocycles. The third-order valence-electron chi connectivity index (χ3n) is 8.28. The van der Waals surface area contributed by atoms with Gasteiger partial charge in [0.05, 0.1) is 6.04 Å². The third-order valence-corrected chi connectivity index (χ3v) is 8.28. The van der Waals surface area contributed by atoms with E-state index in [2.05, 4.69) is 0 Å². The van der Waals surface area contributed by atoms with E-state index in [4.69, 9.17) is 0 Å². The van der Waals surface area contributed by atoms with Crippen LogP contribution in [0.3, 0.4) is 0 Å². The molecule has 5 heteroatoms. The van der Waals surface area contributed by atoms with Gasteiger partial charge in [-0.25, -0.2) is 4.39 Å². The van der Waals surface area contributed by atoms with Crippen molar-refractivity contribution < 1.29 is 18.8 Å². The van der Waals surface area contributed by atoms with Crippen molar-refractivity contribution in [3.05, 3.63) is 143 Å². The first kappa shape index (κ1) is 22.5. The molecule has 1 fully saturated rings. The number of Topliss-reactive ketones (excluding diaryl/α,β-unsaturated/α-hetero) is 3. The summed E-state index contributed by atoms with van der Waals surface area (Å²) in [6.45, 7) is 0. The summed E-state index contributed by atoms with van der Waals surface area (Å²) < 4.78 is 15.7. The van der Waals surface area contributed by atoms with Crippen molar-refractivity contribution in [2.75, 3.05) is 4.90 Å². The molecule has 1 spiro atoms. The minimum Gasteiger partial charge on any atom is -0.352 e. The number of benzene rings is 4. The Labute approximate surface area is 219 Å². The summed E-state index contributed by atoms with van der Waals surface area (Å²) in [6.07, 6.45) is 3.74. The highest BCUT2D eigenvalue weighted by atomic mass is 19.1. The maximum absolute atomic E-state index is 15.7. The van der Waals surface area contributed by atoms with Gasteiger partial charge in [-0.1, -0.05) is 103 Å². The number of hydrogen-bond donors (Lipinski definition) is 0. The molecule has 0 N–H and O–H groups in total. The molecule has 7 rings (SSSR count). The number of carbonyl (C=O) groups is 3. The van der Waals surface area contributed by atoms with Gasteiger partial charge < -0.3 is 4.90 Å². The molecular weight excluding hydrogens is 477 g/mol. The normalized spacial score (nSPS) is 22.3. The van der Waals surface area contributed by atoms with Crippen LogP contribution < -0.4 is 4.90 Å². The summed E-state index contributed by atoms with van der Waals surface area (Å²) in [5, 5.41) is 0. The zero-order valence-electron chi connectivity index (χ0n) is 20.3. The summed E-state index contributed by atoms with van der Waals surface area (Å²) in [5.41, 5.74) is 1.18. The van der Waals surface area contributed by atoms with Crippen molar-refractivity contribution in [1.29, 1.82) is 0 Å². The minimum atomic E-state index is -1.70. The predicted octanol–water partition coefficient (Wildman–Crippen LogP) is 6.14. The van der Waals surface area contributed by atoms with Gasteiger partial charge in [0.2, 0.25) is 0 Å². The van der Waals surface area contributed by atoms with Crippen LogP contribution in [0.5, 0.6) is 0 Å². The molecule has 38 heavy (non-hydrogen) atoms. The number of carbonyl (C=O) groups excluding carboxylic acids is 3. The Morgan fingerprint density at radius 1 is 0.737 bits per heavy atom. The van der Waals surface area contributed by atoms with Crippen LogP contribution in [0.4, 0.5) is 10.1 Å². The SMILES string of the molecule is O=C(c1ccccc1)[C@H]1[C@H](c2ccccc2F)C2(C(=O)c3ccccc3C2=O)[C@H]2C=Cc3ccccc3N12. The first-order valence-corrected chi connectivity index (χ1v) is 12.6. The molecule has 4 nitrogen and oxygen atoms in total. The zero-order valence-corrected chi connectivity index (χ0v) is 20.3. The molecule has 1 saturated heterocycles. The van der Waals surface area contributed by atoms with Gasteiger partial charge in [-0.15, -0.1) is 0 Å². The quantitative estimate of drug-likeness (QED) is 0.251. The molecule has 184 valence electrons. The molecule has 0 unspecified atom stereocenters. The summed E-state index contributed by atoms with van der Waals surface area (Å²) in [6, 6.07) is 27.6. The van der Waals surface area contributed by atoms with Crippen LogP contribution >= 0.6 is 0 Å².